The van der Waals surface area contributed by atoms with Gasteiger partial charge < -0.3 is 5.11 Å². The van der Waals surface area contributed by atoms with Crippen molar-refractivity contribution in [1.29, 1.82) is 0 Å². The number of carbonyl (C=O) groups excluding carboxylic acids is 1. The van der Waals surface area contributed by atoms with Crippen molar-refractivity contribution >= 4 is 21.7 Å². The van der Waals surface area contributed by atoms with Crippen LogP contribution < -0.4 is 0 Å². The molecule has 0 amide bonds. The number of halogens is 1. The molecule has 0 radical (unpaired) electrons. The first-order valence-corrected chi connectivity index (χ1v) is 4.88. The number of phenolic OH excluding ortho intramolecular Hbond substituents is 1. The Morgan fingerprint density at radius 3 is 2.69 bits per heavy atom. The van der Waals surface area contributed by atoms with Gasteiger partial charge in [-0.15, -0.1) is 0 Å². The zero-order valence-corrected chi connectivity index (χ0v) is 9.18. The van der Waals surface area contributed by atoms with Crippen molar-refractivity contribution in [1.82, 2.24) is 0 Å². The molecule has 0 aliphatic heterocycles. The fourth-order valence-corrected chi connectivity index (χ4v) is 1.71. The molecule has 1 N–H and O–H groups in total. The Morgan fingerprint density at radius 1 is 1.54 bits per heavy atom. The van der Waals surface area contributed by atoms with Crippen LogP contribution in [-0.4, -0.2) is 10.9 Å². The first-order valence-electron chi connectivity index (χ1n) is 4.08. The van der Waals surface area contributed by atoms with E-state index in [9.17, 15) is 9.90 Å². The van der Waals surface area contributed by atoms with Crippen molar-refractivity contribution in [3.63, 3.8) is 0 Å². The molecule has 3 heteroatoms. The first kappa shape index (κ1) is 10.3. The summed E-state index contributed by atoms with van der Waals surface area (Å²) in [6, 6.07) is 3.43. The van der Waals surface area contributed by atoms with Crippen LogP contribution in [-0.2, 0) is 0 Å². The predicted molar refractivity (Wildman–Crippen MR) is 55.2 cm³/mol. The number of carbonyl (C=O) groups is 1. The smallest absolute Gasteiger partial charge is 0.166 e. The molecular weight excluding hydrogens is 232 g/mol. The summed E-state index contributed by atoms with van der Waals surface area (Å²) in [5, 5.41) is 9.58. The first-order chi connectivity index (χ1) is 6.06. The van der Waals surface area contributed by atoms with Crippen LogP contribution in [0.5, 0.6) is 5.75 Å². The average Bonchev–Trinajstić information content (AvgIpc) is 2.10. The molecule has 0 heterocycles. The Labute approximate surface area is 85.7 Å². The van der Waals surface area contributed by atoms with Gasteiger partial charge >= 0.3 is 0 Å². The molecule has 70 valence electrons. The Morgan fingerprint density at radius 2 is 2.15 bits per heavy atom. The molecule has 0 fully saturated rings. The van der Waals surface area contributed by atoms with Gasteiger partial charge in [-0.3, -0.25) is 4.79 Å². The Hall–Kier alpha value is -0.830. The van der Waals surface area contributed by atoms with Gasteiger partial charge in [0, 0.05) is 10.9 Å². The molecular formula is C10H11BrO2. The summed E-state index contributed by atoms with van der Waals surface area (Å²) in [7, 11) is 0. The second-order valence-corrected chi connectivity index (χ2v) is 3.81. The highest BCUT2D eigenvalue weighted by Gasteiger charge is 2.11. The number of Topliss-reactive ketones (excluding diaryl/α,β-unsaturated/α-hetero) is 1. The van der Waals surface area contributed by atoms with Crippen LogP contribution in [0, 0.1) is 6.92 Å². The van der Waals surface area contributed by atoms with Crippen molar-refractivity contribution < 1.29 is 9.90 Å². The molecule has 0 aromatic heterocycles. The minimum absolute atomic E-state index is 0.0399. The molecule has 1 aromatic rings. The molecule has 2 nitrogen and oxygen atoms in total. The second-order valence-electron chi connectivity index (χ2n) is 2.90. The van der Waals surface area contributed by atoms with Crippen molar-refractivity contribution in [2.45, 2.75) is 20.3 Å². The summed E-state index contributed by atoms with van der Waals surface area (Å²) in [4.78, 5) is 11.4. The van der Waals surface area contributed by atoms with Crippen LogP contribution >= 0.6 is 15.9 Å². The van der Waals surface area contributed by atoms with Gasteiger partial charge in [-0.05, 0) is 24.6 Å². The van der Waals surface area contributed by atoms with E-state index >= 15 is 0 Å². The summed E-state index contributed by atoms with van der Waals surface area (Å²) >= 11 is 3.28. The topological polar surface area (TPSA) is 37.3 Å². The van der Waals surface area contributed by atoms with Crippen LogP contribution in [0.4, 0.5) is 0 Å². The van der Waals surface area contributed by atoms with Gasteiger partial charge in [0.25, 0.3) is 0 Å². The highest BCUT2D eigenvalue weighted by molar-refractivity contribution is 9.10. The van der Waals surface area contributed by atoms with E-state index in [1.807, 2.05) is 0 Å². The molecule has 0 spiro atoms. The molecule has 0 aliphatic rings. The summed E-state index contributed by atoms with van der Waals surface area (Å²) in [6.45, 7) is 3.55. The largest absolute Gasteiger partial charge is 0.507 e. The minimum Gasteiger partial charge on any atom is -0.507 e. The van der Waals surface area contributed by atoms with Crippen LogP contribution in [0.1, 0.15) is 29.3 Å². The van der Waals surface area contributed by atoms with E-state index in [0.29, 0.717) is 17.5 Å². The summed E-state index contributed by atoms with van der Waals surface area (Å²) in [5.41, 5.74) is 1.11. The third-order valence-corrected chi connectivity index (χ3v) is 2.34. The maximum atomic E-state index is 11.4. The third kappa shape index (κ3) is 2.10. The molecule has 0 atom stereocenters. The normalized spacial score (nSPS) is 10.1. The maximum Gasteiger partial charge on any atom is 0.166 e. The van der Waals surface area contributed by atoms with E-state index in [2.05, 4.69) is 15.9 Å². The van der Waals surface area contributed by atoms with Crippen LogP contribution in [0.2, 0.25) is 0 Å². The number of aryl methyl sites for hydroxylation is 1. The number of rotatable bonds is 2. The van der Waals surface area contributed by atoms with E-state index in [0.717, 1.165) is 4.47 Å². The Balaban J connectivity index is 3.28. The summed E-state index contributed by atoms with van der Waals surface area (Å²) < 4.78 is 0.819. The van der Waals surface area contributed by atoms with Gasteiger partial charge in [0.15, 0.2) is 5.78 Å². The van der Waals surface area contributed by atoms with E-state index < -0.39 is 0 Å². The van der Waals surface area contributed by atoms with Gasteiger partial charge in [0.1, 0.15) is 5.75 Å². The second kappa shape index (κ2) is 3.92. The Kier molecular flexibility index (Phi) is 3.09. The molecule has 0 unspecified atom stereocenters. The van der Waals surface area contributed by atoms with Crippen molar-refractivity contribution in [2.75, 3.05) is 0 Å². The van der Waals surface area contributed by atoms with E-state index in [1.54, 1.807) is 26.0 Å². The van der Waals surface area contributed by atoms with Crippen molar-refractivity contribution in [3.05, 3.63) is 27.7 Å². The van der Waals surface area contributed by atoms with Gasteiger partial charge in [0.05, 0.1) is 5.56 Å². The molecule has 1 aromatic carbocycles. The molecule has 0 aliphatic carbocycles. The highest BCUT2D eigenvalue weighted by atomic mass is 79.9. The fourth-order valence-electron chi connectivity index (χ4n) is 1.14. The molecule has 13 heavy (non-hydrogen) atoms. The maximum absolute atomic E-state index is 11.4. The van der Waals surface area contributed by atoms with Gasteiger partial charge in [-0.25, -0.2) is 0 Å². The van der Waals surface area contributed by atoms with E-state index in [4.69, 9.17) is 0 Å². The van der Waals surface area contributed by atoms with Crippen molar-refractivity contribution in [3.8, 4) is 5.75 Å². The molecule has 1 rings (SSSR count). The monoisotopic (exact) mass is 242 g/mol. The molecule has 0 saturated heterocycles. The zero-order chi connectivity index (χ0) is 10.0. The molecule has 0 saturated carbocycles. The number of benzene rings is 1. The lowest BCUT2D eigenvalue weighted by Gasteiger charge is -2.05. The lowest BCUT2D eigenvalue weighted by Crippen LogP contribution is -1.98. The lowest BCUT2D eigenvalue weighted by molar-refractivity contribution is 0.0985. The molecule has 0 bridgehead atoms. The summed E-state index contributed by atoms with van der Waals surface area (Å²) in [5.74, 6) is 0.0527. The standard InChI is InChI=1S/C10H11BrO2/c1-3-9(12)8-5-7(11)4-6(2)10(8)13/h4-5,13H,3H2,1-2H3. The number of aromatic hydroxyl groups is 1. The lowest BCUT2D eigenvalue weighted by atomic mass is 10.0. The minimum atomic E-state index is -0.0399. The van der Waals surface area contributed by atoms with Crippen LogP contribution in [0.25, 0.3) is 0 Å². The number of hydrogen-bond acceptors (Lipinski definition) is 2. The average molecular weight is 243 g/mol. The van der Waals surface area contributed by atoms with Crippen LogP contribution in [0.15, 0.2) is 16.6 Å². The number of phenols is 1. The number of ketones is 1. The van der Waals surface area contributed by atoms with Gasteiger partial charge in [-0.2, -0.15) is 0 Å². The van der Waals surface area contributed by atoms with E-state index in [-0.39, 0.29) is 11.5 Å². The fraction of sp³-hybridized carbons (Fsp3) is 0.300. The quantitative estimate of drug-likeness (QED) is 0.810. The zero-order valence-electron chi connectivity index (χ0n) is 7.60. The highest BCUT2D eigenvalue weighted by Crippen LogP contribution is 2.27. The third-order valence-electron chi connectivity index (χ3n) is 1.89. The van der Waals surface area contributed by atoms with E-state index in [1.165, 1.54) is 0 Å². The Bertz CT molecular complexity index is 345. The van der Waals surface area contributed by atoms with Crippen LogP contribution in [0.3, 0.4) is 0 Å². The summed E-state index contributed by atoms with van der Waals surface area (Å²) in [6.07, 6.45) is 0.406. The van der Waals surface area contributed by atoms with Gasteiger partial charge in [-0.1, -0.05) is 22.9 Å². The van der Waals surface area contributed by atoms with Crippen molar-refractivity contribution in [2.24, 2.45) is 0 Å². The SMILES string of the molecule is CCC(=O)c1cc(Br)cc(C)c1O. The number of hydrogen-bond donors (Lipinski definition) is 1. The predicted octanol–water partition coefficient (Wildman–Crippen LogP) is 3.06. The van der Waals surface area contributed by atoms with Gasteiger partial charge in [0.2, 0.25) is 0 Å².